The zero-order chi connectivity index (χ0) is 29.5. The molecule has 1 saturated heterocycles. The molecule has 0 aliphatic carbocycles. The highest BCUT2D eigenvalue weighted by Gasteiger charge is 2.35. The van der Waals surface area contributed by atoms with E-state index in [2.05, 4.69) is 15.4 Å². The number of benzene rings is 1. The highest BCUT2D eigenvalue weighted by Crippen LogP contribution is 2.41. The fourth-order valence-electron chi connectivity index (χ4n) is 5.59. The van der Waals surface area contributed by atoms with Gasteiger partial charge in [-0.25, -0.2) is 18.7 Å². The Kier molecular flexibility index (Phi) is 8.02. The second-order valence-corrected chi connectivity index (χ2v) is 11.8. The molecular weight excluding hydrogens is 531 g/mol. The van der Waals surface area contributed by atoms with Crippen molar-refractivity contribution in [3.63, 3.8) is 0 Å². The second-order valence-electron chi connectivity index (χ2n) is 11.8. The summed E-state index contributed by atoms with van der Waals surface area (Å²) in [7, 11) is 0. The molecule has 1 fully saturated rings. The minimum atomic E-state index is -1.42. The highest BCUT2D eigenvalue weighted by molar-refractivity contribution is 5.93. The van der Waals surface area contributed by atoms with Crippen molar-refractivity contribution in [3.05, 3.63) is 46.0 Å². The lowest BCUT2D eigenvalue weighted by molar-refractivity contribution is -0.160. The Hall–Kier alpha value is -3.57. The van der Waals surface area contributed by atoms with Gasteiger partial charge >= 0.3 is 5.97 Å². The minimum Gasteiger partial charge on any atom is -0.490 e. The first-order valence-electron chi connectivity index (χ1n) is 14.1. The maximum absolute atomic E-state index is 15.5. The van der Waals surface area contributed by atoms with Crippen LogP contribution < -0.4 is 10.1 Å². The van der Waals surface area contributed by atoms with Crippen LogP contribution in [-0.2, 0) is 20.7 Å². The maximum Gasteiger partial charge on any atom is 0.337 e. The lowest BCUT2D eigenvalue weighted by Gasteiger charge is -2.28. The average Bonchev–Trinajstić information content (AvgIpc) is 3.35. The number of halogens is 1. The smallest absolute Gasteiger partial charge is 0.337 e. The molecular formula is C30H37FN4O6. The second kappa shape index (κ2) is 11.4. The predicted molar refractivity (Wildman–Crippen MR) is 149 cm³/mol. The summed E-state index contributed by atoms with van der Waals surface area (Å²) in [6, 6.07) is 2.91. The number of fused-ring (bicyclic) bond motifs is 2. The Morgan fingerprint density at radius 3 is 2.63 bits per heavy atom. The van der Waals surface area contributed by atoms with Crippen molar-refractivity contribution >= 4 is 17.5 Å². The van der Waals surface area contributed by atoms with Gasteiger partial charge in [0.05, 0.1) is 17.9 Å². The Morgan fingerprint density at radius 2 is 1.95 bits per heavy atom. The molecule has 0 radical (unpaired) electrons. The summed E-state index contributed by atoms with van der Waals surface area (Å²) in [5, 5.41) is 17.9. The van der Waals surface area contributed by atoms with E-state index in [0.29, 0.717) is 61.3 Å². The van der Waals surface area contributed by atoms with Crippen LogP contribution in [0.1, 0.15) is 79.0 Å². The van der Waals surface area contributed by atoms with Crippen LogP contribution in [0.4, 0.5) is 4.39 Å². The molecule has 1 atom stereocenters. The molecule has 4 heterocycles. The number of carbonyl (C=O) groups is 2. The van der Waals surface area contributed by atoms with Crippen LogP contribution in [-0.4, -0.2) is 63.5 Å². The molecule has 1 amide bonds. The van der Waals surface area contributed by atoms with Gasteiger partial charge in [0.2, 0.25) is 0 Å². The first kappa shape index (κ1) is 28.9. The van der Waals surface area contributed by atoms with Crippen LogP contribution in [0.5, 0.6) is 5.75 Å². The van der Waals surface area contributed by atoms with Gasteiger partial charge in [0, 0.05) is 48.2 Å². The number of hydrogen-bond donors (Lipinski definition) is 2. The van der Waals surface area contributed by atoms with Crippen LogP contribution in [0.2, 0.25) is 0 Å². The number of carboxylic acid groups (broad SMARTS) is 1. The number of nitrogens with zero attached hydrogens (tertiary/aromatic N) is 3. The van der Waals surface area contributed by atoms with E-state index >= 15 is 4.39 Å². The molecule has 0 saturated carbocycles. The topological polar surface area (TPSA) is 124 Å². The fourth-order valence-corrected chi connectivity index (χ4v) is 5.59. The van der Waals surface area contributed by atoms with Crippen molar-refractivity contribution in [2.45, 2.75) is 72.0 Å². The van der Waals surface area contributed by atoms with Gasteiger partial charge in [-0.05, 0) is 77.8 Å². The molecule has 0 spiro atoms. The van der Waals surface area contributed by atoms with Crippen molar-refractivity contribution < 1.29 is 33.3 Å². The van der Waals surface area contributed by atoms with Crippen LogP contribution in [0.25, 0.3) is 16.9 Å². The Bertz CT molecular complexity index is 1490. The zero-order valence-corrected chi connectivity index (χ0v) is 24.2. The molecule has 2 N–H and O–H groups in total. The van der Waals surface area contributed by atoms with E-state index in [-0.39, 0.29) is 22.9 Å². The van der Waals surface area contributed by atoms with Crippen molar-refractivity contribution in [1.29, 1.82) is 0 Å². The first-order chi connectivity index (χ1) is 19.4. The first-order valence-corrected chi connectivity index (χ1v) is 14.1. The number of amides is 1. The monoisotopic (exact) mass is 568 g/mol. The number of aliphatic carboxylic acids is 1. The summed E-state index contributed by atoms with van der Waals surface area (Å²) < 4.78 is 34.0. The third kappa shape index (κ3) is 5.92. The Morgan fingerprint density at radius 1 is 1.22 bits per heavy atom. The number of aryl methyl sites for hydroxylation is 1. The van der Waals surface area contributed by atoms with E-state index < -0.39 is 23.5 Å². The molecule has 2 aliphatic rings. The van der Waals surface area contributed by atoms with Gasteiger partial charge < -0.3 is 24.6 Å². The summed E-state index contributed by atoms with van der Waals surface area (Å²) in [6.07, 6.45) is 1.67. The fraction of sp³-hybridized carbons (Fsp3) is 0.533. The largest absolute Gasteiger partial charge is 0.490 e. The standard InChI is InChI=1S/C30H37FN4O6/c1-16-19-7-6-10-40-26(19)21(31)13-20(16)25-24(27(29(37)38)41-30(3,4)5)17(2)33-23-14-22(34-35(23)25)28(36)32-15-18-8-11-39-12-9-18/h13-14,18,27H,6-12,15H2,1-5H3,(H,32,36)(H,37,38). The molecule has 0 bridgehead atoms. The molecule has 1 unspecified atom stereocenters. The van der Waals surface area contributed by atoms with Crippen molar-refractivity contribution in [1.82, 2.24) is 19.9 Å². The normalized spacial score (nSPS) is 16.7. The average molecular weight is 569 g/mol. The van der Waals surface area contributed by atoms with Crippen molar-refractivity contribution in [3.8, 4) is 17.0 Å². The van der Waals surface area contributed by atoms with Crippen LogP contribution in [0, 0.1) is 25.6 Å². The minimum absolute atomic E-state index is 0.130. The maximum atomic E-state index is 15.5. The van der Waals surface area contributed by atoms with E-state index in [4.69, 9.17) is 14.2 Å². The van der Waals surface area contributed by atoms with Gasteiger partial charge in [-0.2, -0.15) is 5.10 Å². The molecule has 2 aliphatic heterocycles. The highest BCUT2D eigenvalue weighted by atomic mass is 19.1. The van der Waals surface area contributed by atoms with Crippen LogP contribution in [0.15, 0.2) is 12.1 Å². The van der Waals surface area contributed by atoms with Crippen molar-refractivity contribution in [2.24, 2.45) is 5.92 Å². The number of carboxylic acids is 1. The molecule has 220 valence electrons. The number of hydrogen-bond acceptors (Lipinski definition) is 7. The van der Waals surface area contributed by atoms with Crippen LogP contribution >= 0.6 is 0 Å². The summed E-state index contributed by atoms with van der Waals surface area (Å²) >= 11 is 0. The van der Waals surface area contributed by atoms with E-state index in [0.717, 1.165) is 30.4 Å². The molecule has 1 aromatic carbocycles. The molecule has 3 aromatic rings. The molecule has 41 heavy (non-hydrogen) atoms. The van der Waals surface area contributed by atoms with E-state index in [1.54, 1.807) is 33.8 Å². The van der Waals surface area contributed by atoms with Gasteiger partial charge in [0.15, 0.2) is 29.0 Å². The number of carbonyl (C=O) groups excluding carboxylic acids is 1. The van der Waals surface area contributed by atoms with Gasteiger partial charge in [0.1, 0.15) is 0 Å². The van der Waals surface area contributed by atoms with E-state index in [1.165, 1.54) is 10.6 Å². The van der Waals surface area contributed by atoms with Crippen molar-refractivity contribution in [2.75, 3.05) is 26.4 Å². The third-order valence-electron chi connectivity index (χ3n) is 7.60. The Balaban J connectivity index is 1.69. The summed E-state index contributed by atoms with van der Waals surface area (Å²) in [5.41, 5.74) is 2.51. The Labute approximate surface area is 238 Å². The zero-order valence-electron chi connectivity index (χ0n) is 24.2. The quantitative estimate of drug-likeness (QED) is 0.425. The number of aromatic nitrogens is 3. The summed E-state index contributed by atoms with van der Waals surface area (Å²) in [5.74, 6) is -1.59. The predicted octanol–water partition coefficient (Wildman–Crippen LogP) is 4.57. The summed E-state index contributed by atoms with van der Waals surface area (Å²) in [6.45, 7) is 11.1. The number of ether oxygens (including phenoxy) is 3. The molecule has 11 heteroatoms. The number of nitrogens with one attached hydrogen (secondary N) is 1. The SMILES string of the molecule is Cc1nc2cc(C(=O)NCC3CCOCC3)nn2c(-c2cc(F)c3c(c2C)CCCO3)c1C(OC(C)(C)C)C(=O)O. The van der Waals surface area contributed by atoms with E-state index in [1.807, 2.05) is 6.92 Å². The van der Waals surface area contributed by atoms with Gasteiger partial charge in [-0.3, -0.25) is 4.79 Å². The summed E-state index contributed by atoms with van der Waals surface area (Å²) in [4.78, 5) is 30.4. The lowest BCUT2D eigenvalue weighted by Crippen LogP contribution is -2.32. The van der Waals surface area contributed by atoms with Crippen LogP contribution in [0.3, 0.4) is 0 Å². The van der Waals surface area contributed by atoms with Gasteiger partial charge in [0.25, 0.3) is 5.91 Å². The van der Waals surface area contributed by atoms with Gasteiger partial charge in [-0.15, -0.1) is 0 Å². The van der Waals surface area contributed by atoms with E-state index in [9.17, 15) is 14.7 Å². The third-order valence-corrected chi connectivity index (χ3v) is 7.60. The van der Waals surface area contributed by atoms with Gasteiger partial charge in [-0.1, -0.05) is 0 Å². The molecule has 2 aromatic heterocycles. The lowest BCUT2D eigenvalue weighted by atomic mass is 9.91. The number of rotatable bonds is 7. The molecule has 10 nitrogen and oxygen atoms in total. The molecule has 5 rings (SSSR count).